The third kappa shape index (κ3) is 1.77. The van der Waals surface area contributed by atoms with E-state index in [-0.39, 0.29) is 0 Å². The van der Waals surface area contributed by atoms with Crippen LogP contribution in [0, 0.1) is 0 Å². The molecule has 0 bridgehead atoms. The van der Waals surface area contributed by atoms with E-state index in [1.807, 2.05) is 13.3 Å². The fraction of sp³-hybridized carbons (Fsp3) is 0.583. The van der Waals surface area contributed by atoms with Gasteiger partial charge in [-0.1, -0.05) is 12.8 Å². The highest BCUT2D eigenvalue weighted by Gasteiger charge is 2.21. The minimum atomic E-state index is 0.335. The Bertz CT molecular complexity index is 559. The van der Waals surface area contributed by atoms with Crippen LogP contribution in [0.2, 0.25) is 0 Å². The maximum absolute atomic E-state index is 5.89. The number of nitrogens with two attached hydrogens (primary N) is 1. The van der Waals surface area contributed by atoms with Gasteiger partial charge in [0.05, 0.1) is 12.9 Å². The van der Waals surface area contributed by atoms with Gasteiger partial charge in [0.2, 0.25) is 0 Å². The van der Waals surface area contributed by atoms with E-state index >= 15 is 0 Å². The average molecular weight is 247 g/mol. The van der Waals surface area contributed by atoms with Crippen molar-refractivity contribution >= 4 is 17.0 Å². The Morgan fingerprint density at radius 1 is 1.39 bits per heavy atom. The highest BCUT2D eigenvalue weighted by Crippen LogP contribution is 2.32. The molecule has 0 unspecified atom stereocenters. The molecule has 6 nitrogen and oxygen atoms in total. The number of nitrogens with zero attached hydrogens (tertiary/aromatic N) is 4. The van der Waals surface area contributed by atoms with Crippen molar-refractivity contribution in [3.8, 4) is 6.01 Å². The molecule has 1 aliphatic carbocycles. The van der Waals surface area contributed by atoms with Crippen molar-refractivity contribution in [3.05, 3.63) is 6.33 Å². The first-order valence-electron chi connectivity index (χ1n) is 6.42. The molecule has 1 fully saturated rings. The molecule has 0 atom stereocenters. The van der Waals surface area contributed by atoms with Crippen LogP contribution in [0.4, 0.5) is 5.82 Å². The van der Waals surface area contributed by atoms with E-state index in [2.05, 4.69) is 19.5 Å². The summed E-state index contributed by atoms with van der Waals surface area (Å²) in [6, 6.07) is 0.820. The van der Waals surface area contributed by atoms with Gasteiger partial charge in [-0.2, -0.15) is 9.97 Å². The number of aromatic nitrogens is 4. The van der Waals surface area contributed by atoms with Crippen LogP contribution in [0.1, 0.15) is 38.6 Å². The number of ether oxygens (including phenoxy) is 1. The van der Waals surface area contributed by atoms with Gasteiger partial charge in [-0.25, -0.2) is 4.98 Å². The largest absolute Gasteiger partial charge is 0.464 e. The molecule has 0 radical (unpaired) electrons. The van der Waals surface area contributed by atoms with Crippen LogP contribution >= 0.6 is 0 Å². The summed E-state index contributed by atoms with van der Waals surface area (Å²) in [5.74, 6) is 0.389. The minimum absolute atomic E-state index is 0.335. The van der Waals surface area contributed by atoms with E-state index < -0.39 is 0 Å². The van der Waals surface area contributed by atoms with Crippen molar-refractivity contribution in [2.75, 3.05) is 12.3 Å². The highest BCUT2D eigenvalue weighted by molar-refractivity contribution is 5.82. The summed E-state index contributed by atoms with van der Waals surface area (Å²) in [7, 11) is 0. The predicted octanol–water partition coefficient (Wildman–Crippen LogP) is 1.92. The number of fused-ring (bicyclic) bond motifs is 1. The summed E-state index contributed by atoms with van der Waals surface area (Å²) < 4.78 is 7.45. The third-order valence-electron chi connectivity index (χ3n) is 3.42. The Hall–Kier alpha value is -1.85. The Morgan fingerprint density at radius 2 is 2.17 bits per heavy atom. The van der Waals surface area contributed by atoms with Gasteiger partial charge in [0, 0.05) is 6.04 Å². The van der Waals surface area contributed by atoms with Crippen molar-refractivity contribution in [1.29, 1.82) is 0 Å². The lowest BCUT2D eigenvalue weighted by Gasteiger charge is -2.11. The van der Waals surface area contributed by atoms with E-state index in [1.54, 1.807) is 0 Å². The van der Waals surface area contributed by atoms with E-state index in [0.29, 0.717) is 30.0 Å². The SMILES string of the molecule is CCOc1nc(N)c2ncn(C3CCCC3)c2n1. The maximum Gasteiger partial charge on any atom is 0.320 e. The minimum Gasteiger partial charge on any atom is -0.464 e. The molecule has 18 heavy (non-hydrogen) atoms. The molecular formula is C12H17N5O. The molecule has 96 valence electrons. The zero-order valence-corrected chi connectivity index (χ0v) is 10.5. The first-order valence-corrected chi connectivity index (χ1v) is 6.42. The summed E-state index contributed by atoms with van der Waals surface area (Å²) >= 11 is 0. The molecule has 2 heterocycles. The van der Waals surface area contributed by atoms with E-state index in [4.69, 9.17) is 10.5 Å². The van der Waals surface area contributed by atoms with E-state index in [1.165, 1.54) is 25.7 Å². The first-order chi connectivity index (χ1) is 8.79. The average Bonchev–Trinajstić information content (AvgIpc) is 2.96. The number of hydrogen-bond acceptors (Lipinski definition) is 5. The number of anilines is 1. The van der Waals surface area contributed by atoms with Crippen LogP contribution in [-0.2, 0) is 0 Å². The van der Waals surface area contributed by atoms with E-state index in [9.17, 15) is 0 Å². The van der Waals surface area contributed by atoms with Crippen molar-refractivity contribution < 1.29 is 4.74 Å². The molecular weight excluding hydrogens is 230 g/mol. The lowest BCUT2D eigenvalue weighted by Crippen LogP contribution is -2.06. The monoisotopic (exact) mass is 247 g/mol. The molecule has 3 rings (SSSR count). The molecule has 0 spiro atoms. The van der Waals surface area contributed by atoms with Gasteiger partial charge in [-0.15, -0.1) is 0 Å². The number of rotatable bonds is 3. The summed E-state index contributed by atoms with van der Waals surface area (Å²) in [6.45, 7) is 2.43. The van der Waals surface area contributed by atoms with Crippen molar-refractivity contribution in [3.63, 3.8) is 0 Å². The Morgan fingerprint density at radius 3 is 2.89 bits per heavy atom. The van der Waals surface area contributed by atoms with Crippen LogP contribution in [-0.4, -0.2) is 26.1 Å². The van der Waals surface area contributed by atoms with Gasteiger partial charge in [-0.05, 0) is 19.8 Å². The number of nitrogen functional groups attached to an aromatic ring is 1. The van der Waals surface area contributed by atoms with Crippen molar-refractivity contribution in [2.24, 2.45) is 0 Å². The smallest absolute Gasteiger partial charge is 0.320 e. The molecule has 2 N–H and O–H groups in total. The maximum atomic E-state index is 5.89. The highest BCUT2D eigenvalue weighted by atomic mass is 16.5. The molecule has 0 saturated heterocycles. The fourth-order valence-corrected chi connectivity index (χ4v) is 2.56. The second-order valence-electron chi connectivity index (χ2n) is 4.59. The summed E-state index contributed by atoms with van der Waals surface area (Å²) in [5, 5.41) is 0. The molecule has 0 aliphatic heterocycles. The summed E-state index contributed by atoms with van der Waals surface area (Å²) in [5.41, 5.74) is 7.35. The normalized spacial score (nSPS) is 16.5. The Kier molecular flexibility index (Phi) is 2.77. The van der Waals surface area contributed by atoms with Crippen LogP contribution in [0.3, 0.4) is 0 Å². The van der Waals surface area contributed by atoms with Crippen LogP contribution in [0.25, 0.3) is 11.2 Å². The van der Waals surface area contributed by atoms with Gasteiger partial charge in [-0.3, -0.25) is 0 Å². The number of imidazole rings is 1. The quantitative estimate of drug-likeness (QED) is 0.896. The standard InChI is InChI=1S/C12H17N5O/c1-2-18-12-15-10(13)9-11(16-12)17(7-14-9)8-5-3-4-6-8/h7-8H,2-6H2,1H3,(H2,13,15,16). The Balaban J connectivity index is 2.09. The molecule has 0 amide bonds. The second-order valence-corrected chi connectivity index (χ2v) is 4.59. The van der Waals surface area contributed by atoms with Crippen molar-refractivity contribution in [1.82, 2.24) is 19.5 Å². The van der Waals surface area contributed by atoms with Gasteiger partial charge in [0.1, 0.15) is 0 Å². The lowest BCUT2D eigenvalue weighted by atomic mass is 10.2. The van der Waals surface area contributed by atoms with Gasteiger partial charge >= 0.3 is 6.01 Å². The number of hydrogen-bond donors (Lipinski definition) is 1. The topological polar surface area (TPSA) is 78.9 Å². The molecule has 1 aliphatic rings. The van der Waals surface area contributed by atoms with Crippen LogP contribution in [0.15, 0.2) is 6.33 Å². The van der Waals surface area contributed by atoms with Gasteiger partial charge < -0.3 is 15.0 Å². The molecule has 1 saturated carbocycles. The molecule has 6 heteroatoms. The van der Waals surface area contributed by atoms with E-state index in [0.717, 1.165) is 5.65 Å². The lowest BCUT2D eigenvalue weighted by molar-refractivity contribution is 0.314. The van der Waals surface area contributed by atoms with Crippen LogP contribution in [0.5, 0.6) is 6.01 Å². The van der Waals surface area contributed by atoms with Gasteiger partial charge in [0.15, 0.2) is 17.0 Å². The fourth-order valence-electron chi connectivity index (χ4n) is 2.56. The summed E-state index contributed by atoms with van der Waals surface area (Å²) in [4.78, 5) is 12.8. The second kappa shape index (κ2) is 4.44. The zero-order valence-electron chi connectivity index (χ0n) is 10.5. The molecule has 0 aromatic carbocycles. The zero-order chi connectivity index (χ0) is 12.5. The summed E-state index contributed by atoms with van der Waals surface area (Å²) in [6.07, 6.45) is 6.71. The van der Waals surface area contributed by atoms with Gasteiger partial charge in [0.25, 0.3) is 0 Å². The molecule has 2 aromatic rings. The first kappa shape index (κ1) is 11.3. The Labute approximate surface area is 105 Å². The van der Waals surface area contributed by atoms with Crippen molar-refractivity contribution in [2.45, 2.75) is 38.6 Å². The molecule has 2 aromatic heterocycles. The third-order valence-corrected chi connectivity index (χ3v) is 3.42. The van der Waals surface area contributed by atoms with Crippen LogP contribution < -0.4 is 10.5 Å². The predicted molar refractivity (Wildman–Crippen MR) is 68.4 cm³/mol.